The van der Waals surface area contributed by atoms with Gasteiger partial charge in [0.1, 0.15) is 6.61 Å². The van der Waals surface area contributed by atoms with Crippen LogP contribution in [0.25, 0.3) is 0 Å². The highest BCUT2D eigenvalue weighted by Gasteiger charge is 2.20. The number of hydrogen-bond acceptors (Lipinski definition) is 12. The summed E-state index contributed by atoms with van der Waals surface area (Å²) < 4.78 is 5.76. The molecule has 0 aromatic carbocycles. The molecule has 0 saturated carbocycles. The Labute approximate surface area is 571 Å². The summed E-state index contributed by atoms with van der Waals surface area (Å²) in [7, 11) is 3.93. The van der Waals surface area contributed by atoms with E-state index >= 15 is 0 Å². The smallest absolute Gasteiger partial charge is 0.305 e. The molecule has 0 aromatic heterocycles. The van der Waals surface area contributed by atoms with E-state index in [1.54, 1.807) is 0 Å². The third-order valence-corrected chi connectivity index (χ3v) is 20.3. The van der Waals surface area contributed by atoms with Gasteiger partial charge in [0.05, 0.1) is 24.4 Å². The van der Waals surface area contributed by atoms with Gasteiger partial charge in [-0.15, -0.1) is 0 Å². The van der Waals surface area contributed by atoms with E-state index in [0.29, 0.717) is 52.2 Å². The van der Waals surface area contributed by atoms with Gasteiger partial charge in [0.2, 0.25) is 0 Å². The molecule has 1 rings (SSSR count). The number of aliphatic hydroxyl groups is 4. The van der Waals surface area contributed by atoms with Gasteiger partial charge in [-0.05, 0) is 116 Å². The number of esters is 1. The zero-order chi connectivity index (χ0) is 65.8. The molecule has 1 heterocycles. The van der Waals surface area contributed by atoms with Crippen molar-refractivity contribution in [3.8, 4) is 0 Å². The molecule has 4 unspecified atom stereocenters. The van der Waals surface area contributed by atoms with E-state index < -0.39 is 12.2 Å². The molecule has 1 aliphatic heterocycles. The lowest BCUT2D eigenvalue weighted by atomic mass is 10.0. The molecule has 1 saturated heterocycles. The highest BCUT2D eigenvalue weighted by molar-refractivity contribution is 8.76. The first-order valence-electron chi connectivity index (χ1n) is 38.6. The third-order valence-electron chi connectivity index (χ3n) is 17.8. The number of ether oxygens (including phenoxy) is 1. The van der Waals surface area contributed by atoms with Crippen LogP contribution >= 0.6 is 21.6 Å². The van der Waals surface area contributed by atoms with E-state index in [2.05, 4.69) is 120 Å². The number of hydrogen-bond donors (Lipinski definition) is 4. The van der Waals surface area contributed by atoms with Gasteiger partial charge in [-0.3, -0.25) is 24.4 Å². The lowest BCUT2D eigenvalue weighted by Gasteiger charge is -2.34. The highest BCUT2D eigenvalue weighted by atomic mass is 33.1. The number of unbranched alkanes of at least 4 members (excludes halogenated alkanes) is 26. The van der Waals surface area contributed by atoms with Crippen molar-refractivity contribution in [1.29, 1.82) is 0 Å². The summed E-state index contributed by atoms with van der Waals surface area (Å²) in [6.07, 6.45) is 74.3. The molecule has 12 heteroatoms. The van der Waals surface area contributed by atoms with Crippen LogP contribution in [0.4, 0.5) is 0 Å². The summed E-state index contributed by atoms with van der Waals surface area (Å²) in [6, 6.07) is 0. The molecule has 0 amide bonds. The van der Waals surface area contributed by atoms with Gasteiger partial charge >= 0.3 is 5.97 Å². The van der Waals surface area contributed by atoms with Crippen LogP contribution in [0.1, 0.15) is 304 Å². The molecule has 1 fully saturated rings. The summed E-state index contributed by atoms with van der Waals surface area (Å²) in [5.74, 6) is 2.00. The van der Waals surface area contributed by atoms with Gasteiger partial charge in [-0.2, -0.15) is 0 Å². The molecular weight excluding hydrogens is 1170 g/mol. The van der Waals surface area contributed by atoms with Crippen molar-refractivity contribution in [2.75, 3.05) is 96.6 Å². The van der Waals surface area contributed by atoms with Crippen molar-refractivity contribution in [3.05, 3.63) is 72.9 Å². The molecule has 0 bridgehead atoms. The summed E-state index contributed by atoms with van der Waals surface area (Å²) in [4.78, 5) is 22.5. The molecular formula is C79H148N4O6S2. The predicted octanol–water partition coefficient (Wildman–Crippen LogP) is 19.8. The fourth-order valence-corrected chi connectivity index (χ4v) is 14.2. The van der Waals surface area contributed by atoms with Crippen LogP contribution in [0.2, 0.25) is 0 Å². The topological polar surface area (TPSA) is 120 Å². The number of carbonyl (C=O) groups excluding carboxylic acids is 1. The second kappa shape index (κ2) is 69.6. The largest absolute Gasteiger partial charge is 0.464 e. The van der Waals surface area contributed by atoms with Gasteiger partial charge in [0.15, 0.2) is 0 Å². The minimum absolute atomic E-state index is 0.148. The minimum atomic E-state index is -0.411. The van der Waals surface area contributed by atoms with Crippen LogP contribution in [0, 0.1) is 0 Å². The van der Waals surface area contributed by atoms with E-state index in [1.807, 2.05) is 21.6 Å². The van der Waals surface area contributed by atoms with Crippen LogP contribution in [0.3, 0.4) is 0 Å². The molecule has 0 aromatic rings. The average Bonchev–Trinajstić information content (AvgIpc) is 3.71. The molecule has 1 aliphatic rings. The highest BCUT2D eigenvalue weighted by Crippen LogP contribution is 2.23. The maximum absolute atomic E-state index is 13.0. The van der Waals surface area contributed by atoms with Crippen molar-refractivity contribution >= 4 is 27.6 Å². The molecule has 0 aliphatic carbocycles. The Balaban J connectivity index is 2.45. The number of allylic oxidation sites excluding steroid dienone is 12. The standard InChI is InChI=1S/C79H148N4O6S2/c1-5-9-13-17-21-25-29-31-33-35-39-43-47-51-57-77(86)73-83(74-78(87)58-52-48-44-40-36-34-32-30-26-22-18-14-10-6-2)61-54-69-90-91-70-67-81-64-62-80(63-65-81)66-68-89-79(88)59-53-60-82(71-75(84)55-49-45-41-37-27-23-19-15-11-7-3)72-76(85)56-50-46-42-38-28-24-20-16-12-8-4/h9-10,13-14,21-22,25-26,31-34,75-78,84-87H,5-8,11-12,15-20,23-24,27-30,35-74H2,1-4H3/b13-9-,14-10-,25-21-,26-22-,33-31-,34-32-. The molecule has 91 heavy (non-hydrogen) atoms. The Kier molecular flexibility index (Phi) is 66.8. The quantitative estimate of drug-likeness (QED) is 0.0201. The van der Waals surface area contributed by atoms with Gasteiger partial charge < -0.3 is 25.2 Å². The van der Waals surface area contributed by atoms with Crippen molar-refractivity contribution < 1.29 is 30.0 Å². The maximum Gasteiger partial charge on any atom is 0.305 e. The first kappa shape index (κ1) is 87.3. The first-order valence-corrected chi connectivity index (χ1v) is 41.1. The van der Waals surface area contributed by atoms with Gasteiger partial charge in [-0.25, -0.2) is 0 Å². The lowest BCUT2D eigenvalue weighted by Crippen LogP contribution is -2.47. The fraction of sp³-hybridized carbons (Fsp3) is 0.835. The molecule has 4 N–H and O–H groups in total. The van der Waals surface area contributed by atoms with Crippen LogP contribution in [-0.2, 0) is 9.53 Å². The zero-order valence-corrected chi connectivity index (χ0v) is 61.6. The number of carbonyl (C=O) groups is 1. The van der Waals surface area contributed by atoms with E-state index in [-0.39, 0.29) is 18.2 Å². The maximum atomic E-state index is 13.0. The number of aliphatic hydroxyl groups excluding tert-OH is 4. The van der Waals surface area contributed by atoms with Crippen LogP contribution in [0.15, 0.2) is 72.9 Å². The van der Waals surface area contributed by atoms with Crippen LogP contribution in [0.5, 0.6) is 0 Å². The molecule has 0 radical (unpaired) electrons. The van der Waals surface area contributed by atoms with E-state index in [4.69, 9.17) is 4.74 Å². The van der Waals surface area contributed by atoms with E-state index in [0.717, 1.165) is 179 Å². The summed E-state index contributed by atoms with van der Waals surface area (Å²) in [5, 5.41) is 44.6. The Morgan fingerprint density at radius 1 is 0.385 bits per heavy atom. The molecule has 4 atom stereocenters. The fourth-order valence-electron chi connectivity index (χ4n) is 12.1. The van der Waals surface area contributed by atoms with Gasteiger partial charge in [-0.1, -0.05) is 289 Å². The molecule has 10 nitrogen and oxygen atoms in total. The second-order valence-electron chi connectivity index (χ2n) is 26.7. The van der Waals surface area contributed by atoms with Crippen LogP contribution in [-0.4, -0.2) is 167 Å². The van der Waals surface area contributed by atoms with Crippen molar-refractivity contribution in [2.45, 2.75) is 328 Å². The SMILES string of the molecule is CC/C=C\C/C=C\C/C=C\CCCCCCC(O)CN(CCCSSCCN1CCN(CCOC(=O)CCCN(CC(O)CCCCCCCCCCCC)CC(O)CCCCCCCCCCCC)CC1)CC(O)CCCCCC/C=C\C/C=C\C/C=C\CC. The summed E-state index contributed by atoms with van der Waals surface area (Å²) in [6.45, 7) is 19.2. The van der Waals surface area contributed by atoms with E-state index in [1.165, 1.54) is 141 Å². The second-order valence-corrected chi connectivity index (χ2v) is 29.4. The Bertz CT molecular complexity index is 1620. The Morgan fingerprint density at radius 3 is 1.09 bits per heavy atom. The Hall–Kier alpha value is -1.71. The number of piperazine rings is 1. The van der Waals surface area contributed by atoms with Crippen LogP contribution < -0.4 is 0 Å². The van der Waals surface area contributed by atoms with Crippen molar-refractivity contribution in [3.63, 3.8) is 0 Å². The number of rotatable bonds is 69. The Morgan fingerprint density at radius 2 is 0.703 bits per heavy atom. The normalized spacial score (nSPS) is 15.3. The third kappa shape index (κ3) is 62.8. The number of nitrogens with zero attached hydrogens (tertiary/aromatic N) is 4. The van der Waals surface area contributed by atoms with E-state index in [9.17, 15) is 25.2 Å². The predicted molar refractivity (Wildman–Crippen MR) is 402 cm³/mol. The molecule has 0 spiro atoms. The average molecular weight is 1310 g/mol. The first-order chi connectivity index (χ1) is 44.7. The monoisotopic (exact) mass is 1310 g/mol. The van der Waals surface area contributed by atoms with Crippen molar-refractivity contribution in [2.24, 2.45) is 0 Å². The lowest BCUT2D eigenvalue weighted by molar-refractivity contribution is -0.144. The summed E-state index contributed by atoms with van der Waals surface area (Å²) in [5.41, 5.74) is 0. The van der Waals surface area contributed by atoms with Gasteiger partial charge in [0.25, 0.3) is 0 Å². The summed E-state index contributed by atoms with van der Waals surface area (Å²) >= 11 is 0. The molecule has 532 valence electrons. The van der Waals surface area contributed by atoms with Crippen molar-refractivity contribution in [1.82, 2.24) is 19.6 Å². The zero-order valence-electron chi connectivity index (χ0n) is 60.0. The minimum Gasteiger partial charge on any atom is -0.464 e. The van der Waals surface area contributed by atoms with Gasteiger partial charge in [0, 0.05) is 83.4 Å².